The Kier molecular flexibility index (Phi) is 4.45. The zero-order chi connectivity index (χ0) is 11.8. The maximum absolute atomic E-state index is 5.31. The first kappa shape index (κ1) is 14.3. The zero-order valence-corrected chi connectivity index (χ0v) is 11.9. The predicted molar refractivity (Wildman–Crippen MR) is 74.4 cm³/mol. The second-order valence-electron chi connectivity index (χ2n) is 5.06. The third-order valence-electron chi connectivity index (χ3n) is 3.76. The van der Waals surface area contributed by atoms with Crippen LogP contribution in [0.25, 0.3) is 0 Å². The van der Waals surface area contributed by atoms with Crippen LogP contribution in [0.2, 0.25) is 0 Å². The van der Waals surface area contributed by atoms with Crippen molar-refractivity contribution in [3.63, 3.8) is 0 Å². The molecule has 96 valence electrons. The van der Waals surface area contributed by atoms with Gasteiger partial charge in [-0.2, -0.15) is 0 Å². The fourth-order valence-electron chi connectivity index (χ4n) is 2.70. The number of rotatable bonds is 3. The molecule has 0 radical (unpaired) electrons. The molecule has 1 atom stereocenters. The molecular weight excluding hydrogens is 234 g/mol. The lowest BCUT2D eigenvalue weighted by molar-refractivity contribution is 0.372. The third kappa shape index (κ3) is 2.43. The van der Waals surface area contributed by atoms with Gasteiger partial charge in [0, 0.05) is 11.5 Å². The molecular formula is C14H22ClNO. The van der Waals surface area contributed by atoms with Gasteiger partial charge in [0.05, 0.1) is 7.11 Å². The lowest BCUT2D eigenvalue weighted by Gasteiger charge is -2.29. The van der Waals surface area contributed by atoms with Crippen LogP contribution in [0.3, 0.4) is 0 Å². The van der Waals surface area contributed by atoms with Crippen LogP contribution in [0, 0.1) is 0 Å². The average molecular weight is 256 g/mol. The predicted octanol–water partition coefficient (Wildman–Crippen LogP) is 2.93. The van der Waals surface area contributed by atoms with Gasteiger partial charge in [0.15, 0.2) is 0 Å². The summed E-state index contributed by atoms with van der Waals surface area (Å²) in [5, 5.41) is 3.58. The minimum absolute atomic E-state index is 0. The number of halogens is 1. The van der Waals surface area contributed by atoms with Gasteiger partial charge >= 0.3 is 0 Å². The molecule has 0 fully saturated rings. The Balaban J connectivity index is 0.00000144. The number of hydrogen-bond donors (Lipinski definition) is 1. The van der Waals surface area contributed by atoms with E-state index in [-0.39, 0.29) is 17.8 Å². The quantitative estimate of drug-likeness (QED) is 0.897. The van der Waals surface area contributed by atoms with Gasteiger partial charge in [-0.05, 0) is 36.2 Å². The van der Waals surface area contributed by atoms with E-state index in [9.17, 15) is 0 Å². The third-order valence-corrected chi connectivity index (χ3v) is 3.76. The molecule has 0 heterocycles. The summed E-state index contributed by atoms with van der Waals surface area (Å²) in [6.07, 6.45) is 1.13. The second kappa shape index (κ2) is 5.28. The molecule has 0 saturated heterocycles. The normalized spacial score (nSPS) is 20.6. The molecule has 1 N–H and O–H groups in total. The Morgan fingerprint density at radius 3 is 2.71 bits per heavy atom. The number of benzene rings is 1. The smallest absolute Gasteiger partial charge is 0.119 e. The van der Waals surface area contributed by atoms with Gasteiger partial charge in [0.1, 0.15) is 5.75 Å². The summed E-state index contributed by atoms with van der Waals surface area (Å²) >= 11 is 0. The summed E-state index contributed by atoms with van der Waals surface area (Å²) in [6, 6.07) is 6.99. The van der Waals surface area contributed by atoms with E-state index >= 15 is 0 Å². The highest BCUT2D eigenvalue weighted by Crippen LogP contribution is 2.40. The van der Waals surface area contributed by atoms with E-state index in [0.29, 0.717) is 6.04 Å². The Bertz CT molecular complexity index is 390. The molecule has 1 aliphatic rings. The summed E-state index contributed by atoms with van der Waals surface area (Å²) in [5.41, 5.74) is 3.08. The highest BCUT2D eigenvalue weighted by atomic mass is 35.5. The van der Waals surface area contributed by atoms with Crippen LogP contribution in [-0.4, -0.2) is 19.7 Å². The zero-order valence-electron chi connectivity index (χ0n) is 11.0. The van der Waals surface area contributed by atoms with Crippen LogP contribution >= 0.6 is 12.4 Å². The van der Waals surface area contributed by atoms with E-state index in [0.717, 1.165) is 18.7 Å². The SMILES string of the molecule is CCNC1Cc2ccc(OC)cc2C1(C)C.Cl. The molecule has 0 saturated carbocycles. The van der Waals surface area contributed by atoms with Gasteiger partial charge in [-0.3, -0.25) is 0 Å². The van der Waals surface area contributed by atoms with Crippen molar-refractivity contribution in [3.05, 3.63) is 29.3 Å². The van der Waals surface area contributed by atoms with Gasteiger partial charge in [-0.1, -0.05) is 26.8 Å². The molecule has 1 aromatic carbocycles. The van der Waals surface area contributed by atoms with Gasteiger partial charge in [-0.15, -0.1) is 12.4 Å². The van der Waals surface area contributed by atoms with Crippen LogP contribution < -0.4 is 10.1 Å². The lowest BCUT2D eigenvalue weighted by Crippen LogP contribution is -2.41. The average Bonchev–Trinajstić information content (AvgIpc) is 2.51. The van der Waals surface area contributed by atoms with Crippen molar-refractivity contribution in [1.29, 1.82) is 0 Å². The number of methoxy groups -OCH3 is 1. The Hall–Kier alpha value is -0.730. The molecule has 17 heavy (non-hydrogen) atoms. The highest BCUT2D eigenvalue weighted by molar-refractivity contribution is 5.85. The number of hydrogen-bond acceptors (Lipinski definition) is 2. The largest absolute Gasteiger partial charge is 0.497 e. The second-order valence-corrected chi connectivity index (χ2v) is 5.06. The van der Waals surface area contributed by atoms with Crippen molar-refractivity contribution < 1.29 is 4.74 Å². The van der Waals surface area contributed by atoms with Crippen molar-refractivity contribution in [1.82, 2.24) is 5.32 Å². The number of nitrogens with one attached hydrogen (secondary N) is 1. The molecule has 1 unspecified atom stereocenters. The Morgan fingerprint density at radius 1 is 1.41 bits per heavy atom. The van der Waals surface area contributed by atoms with Crippen LogP contribution in [0.15, 0.2) is 18.2 Å². The maximum atomic E-state index is 5.31. The first-order valence-corrected chi connectivity index (χ1v) is 6.00. The number of likely N-dealkylation sites (N-methyl/N-ethyl adjacent to an activating group) is 1. The van der Waals surface area contributed by atoms with Crippen LogP contribution in [0.4, 0.5) is 0 Å². The molecule has 1 aliphatic carbocycles. The monoisotopic (exact) mass is 255 g/mol. The van der Waals surface area contributed by atoms with Crippen molar-refractivity contribution in [2.24, 2.45) is 0 Å². The fourth-order valence-corrected chi connectivity index (χ4v) is 2.70. The van der Waals surface area contributed by atoms with Gasteiger partial charge in [0.25, 0.3) is 0 Å². The Morgan fingerprint density at radius 2 is 2.12 bits per heavy atom. The lowest BCUT2D eigenvalue weighted by atomic mass is 9.83. The molecule has 2 nitrogen and oxygen atoms in total. The van der Waals surface area contributed by atoms with E-state index in [1.165, 1.54) is 11.1 Å². The van der Waals surface area contributed by atoms with E-state index < -0.39 is 0 Å². The summed E-state index contributed by atoms with van der Waals surface area (Å²) in [4.78, 5) is 0. The molecule has 0 amide bonds. The molecule has 1 aromatic rings. The van der Waals surface area contributed by atoms with E-state index in [1.807, 2.05) is 0 Å². The minimum atomic E-state index is 0. The maximum Gasteiger partial charge on any atom is 0.119 e. The fraction of sp³-hybridized carbons (Fsp3) is 0.571. The first-order chi connectivity index (χ1) is 7.59. The summed E-state index contributed by atoms with van der Waals surface area (Å²) in [6.45, 7) is 7.82. The molecule has 0 aromatic heterocycles. The van der Waals surface area contributed by atoms with Crippen molar-refractivity contribution in [2.75, 3.05) is 13.7 Å². The summed E-state index contributed by atoms with van der Waals surface area (Å²) < 4.78 is 5.31. The van der Waals surface area contributed by atoms with Crippen LogP contribution in [0.1, 0.15) is 31.9 Å². The van der Waals surface area contributed by atoms with E-state index in [4.69, 9.17) is 4.74 Å². The van der Waals surface area contributed by atoms with Gasteiger partial charge < -0.3 is 10.1 Å². The van der Waals surface area contributed by atoms with Crippen molar-refractivity contribution >= 4 is 12.4 Å². The first-order valence-electron chi connectivity index (χ1n) is 6.00. The van der Waals surface area contributed by atoms with Gasteiger partial charge in [0.2, 0.25) is 0 Å². The standard InChI is InChI=1S/C14H21NO.ClH/c1-5-15-13-8-10-6-7-11(16-4)9-12(10)14(13,2)3;/h6-7,9,13,15H,5,8H2,1-4H3;1H. The van der Waals surface area contributed by atoms with Crippen molar-refractivity contribution in [2.45, 2.75) is 38.6 Å². The van der Waals surface area contributed by atoms with Crippen LogP contribution in [0.5, 0.6) is 5.75 Å². The molecule has 0 spiro atoms. The van der Waals surface area contributed by atoms with Gasteiger partial charge in [-0.25, -0.2) is 0 Å². The molecule has 0 aliphatic heterocycles. The van der Waals surface area contributed by atoms with Crippen LogP contribution in [-0.2, 0) is 11.8 Å². The summed E-state index contributed by atoms with van der Waals surface area (Å²) in [5.74, 6) is 0.962. The highest BCUT2D eigenvalue weighted by Gasteiger charge is 2.38. The molecule has 3 heteroatoms. The topological polar surface area (TPSA) is 21.3 Å². The summed E-state index contributed by atoms with van der Waals surface area (Å²) in [7, 11) is 1.73. The molecule has 0 bridgehead atoms. The Labute approximate surface area is 110 Å². The van der Waals surface area contributed by atoms with E-state index in [1.54, 1.807) is 7.11 Å². The van der Waals surface area contributed by atoms with Crippen molar-refractivity contribution in [3.8, 4) is 5.75 Å². The number of ether oxygens (including phenoxy) is 1. The minimum Gasteiger partial charge on any atom is -0.497 e. The molecule has 2 rings (SSSR count). The van der Waals surface area contributed by atoms with E-state index in [2.05, 4.69) is 44.3 Å². The number of fused-ring (bicyclic) bond motifs is 1.